The van der Waals surface area contributed by atoms with Gasteiger partial charge in [0.25, 0.3) is 0 Å². The molecule has 316 valence electrons. The van der Waals surface area contributed by atoms with Crippen LogP contribution in [0, 0.1) is 0 Å². The van der Waals surface area contributed by atoms with Crippen LogP contribution in [0.25, 0.3) is 98.9 Å². The fourth-order valence-corrected chi connectivity index (χ4v) is 10.4. The topological polar surface area (TPSA) is 29.0 Å². The van der Waals surface area contributed by atoms with Crippen LogP contribution in [-0.2, 0) is 0 Å². The Morgan fingerprint density at radius 1 is 0.328 bits per heavy atom. The molecule has 11 aromatic carbocycles. The highest BCUT2D eigenvalue weighted by Gasteiger charge is 2.25. The molecule has 12 aromatic rings. The molecule has 1 aromatic heterocycles. The van der Waals surface area contributed by atoms with E-state index in [4.69, 9.17) is 0 Å². The van der Waals surface area contributed by atoms with Gasteiger partial charge in [-0.15, -0.1) is 0 Å². The molecule has 1 aliphatic rings. The average Bonchev–Trinajstić information content (AvgIpc) is 3.73. The van der Waals surface area contributed by atoms with Gasteiger partial charge in [-0.3, -0.25) is 5.32 Å². The SMILES string of the molecule is C1=C(c2ccc(-c3ccc(-n4c5ccc(-c6ccc7ccccc7c6)cc5c5cc(-c6ccc7ccccc7c6)ccc54)cc3)cc2)NC(c2ccccc2)NC1c1cccc2ccccc12. The predicted octanol–water partition coefficient (Wildman–Crippen LogP) is 16.2. The van der Waals surface area contributed by atoms with Crippen LogP contribution in [0.1, 0.15) is 28.9 Å². The summed E-state index contributed by atoms with van der Waals surface area (Å²) in [7, 11) is 0. The third-order valence-electron chi connectivity index (χ3n) is 13.9. The first-order valence-electron chi connectivity index (χ1n) is 23.2. The molecule has 0 fully saturated rings. The molecule has 0 amide bonds. The number of benzene rings is 11. The average molecular weight is 856 g/mol. The van der Waals surface area contributed by atoms with Gasteiger partial charge in [-0.05, 0) is 137 Å². The van der Waals surface area contributed by atoms with Crippen LogP contribution in [0.5, 0.6) is 0 Å². The van der Waals surface area contributed by atoms with Gasteiger partial charge >= 0.3 is 0 Å². The number of hydrogen-bond acceptors (Lipinski definition) is 2. The normalized spacial score (nSPS) is 15.0. The van der Waals surface area contributed by atoms with E-state index in [-0.39, 0.29) is 12.2 Å². The highest BCUT2D eigenvalue weighted by atomic mass is 15.2. The summed E-state index contributed by atoms with van der Waals surface area (Å²) in [5.41, 5.74) is 15.5. The van der Waals surface area contributed by atoms with Gasteiger partial charge in [-0.25, -0.2) is 0 Å². The largest absolute Gasteiger partial charge is 0.366 e. The minimum absolute atomic E-state index is 0.0242. The maximum atomic E-state index is 3.90. The van der Waals surface area contributed by atoms with E-state index < -0.39 is 0 Å². The molecule has 3 nitrogen and oxygen atoms in total. The zero-order chi connectivity index (χ0) is 44.3. The number of aromatic nitrogens is 1. The van der Waals surface area contributed by atoms with Crippen molar-refractivity contribution in [3.63, 3.8) is 0 Å². The molecule has 3 heteroatoms. The van der Waals surface area contributed by atoms with E-state index in [0.29, 0.717) is 0 Å². The van der Waals surface area contributed by atoms with Crippen LogP contribution < -0.4 is 10.6 Å². The summed E-state index contributed by atoms with van der Waals surface area (Å²) in [5.74, 6) is 0. The highest BCUT2D eigenvalue weighted by molar-refractivity contribution is 6.12. The van der Waals surface area contributed by atoms with Gasteiger partial charge in [0.2, 0.25) is 0 Å². The molecule has 1 aliphatic heterocycles. The van der Waals surface area contributed by atoms with Crippen molar-refractivity contribution >= 4 is 59.8 Å². The second-order valence-electron chi connectivity index (χ2n) is 17.8. The van der Waals surface area contributed by atoms with Gasteiger partial charge in [0, 0.05) is 22.2 Å². The fraction of sp³-hybridized carbons (Fsp3) is 0.0312. The Balaban J connectivity index is 0.861. The lowest BCUT2D eigenvalue weighted by Gasteiger charge is -2.33. The summed E-state index contributed by atoms with van der Waals surface area (Å²) in [6.07, 6.45) is 2.29. The molecular formula is C64H45N3. The number of hydrogen-bond donors (Lipinski definition) is 2. The van der Waals surface area contributed by atoms with Crippen LogP contribution >= 0.6 is 0 Å². The van der Waals surface area contributed by atoms with Crippen molar-refractivity contribution in [2.75, 3.05) is 0 Å². The lowest BCUT2D eigenvalue weighted by molar-refractivity contribution is 0.444. The highest BCUT2D eigenvalue weighted by Crippen LogP contribution is 2.39. The number of fused-ring (bicyclic) bond motifs is 6. The third kappa shape index (κ3) is 7.05. The summed E-state index contributed by atoms with van der Waals surface area (Å²) in [6, 6.07) is 88.8. The first-order chi connectivity index (χ1) is 33.2. The maximum absolute atomic E-state index is 3.90. The molecule has 2 unspecified atom stereocenters. The molecule has 2 atom stereocenters. The van der Waals surface area contributed by atoms with E-state index in [1.165, 1.54) is 98.6 Å². The molecular weight excluding hydrogens is 811 g/mol. The third-order valence-corrected chi connectivity index (χ3v) is 13.9. The smallest absolute Gasteiger partial charge is 0.104 e. The predicted molar refractivity (Wildman–Crippen MR) is 282 cm³/mol. The van der Waals surface area contributed by atoms with Crippen molar-refractivity contribution in [1.29, 1.82) is 0 Å². The van der Waals surface area contributed by atoms with Gasteiger partial charge in [-0.1, -0.05) is 194 Å². The van der Waals surface area contributed by atoms with Crippen LogP contribution in [0.4, 0.5) is 0 Å². The molecule has 0 saturated carbocycles. The molecule has 0 aliphatic carbocycles. The monoisotopic (exact) mass is 855 g/mol. The lowest BCUT2D eigenvalue weighted by atomic mass is 9.94. The first kappa shape index (κ1) is 38.9. The van der Waals surface area contributed by atoms with Crippen molar-refractivity contribution in [3.8, 4) is 39.1 Å². The van der Waals surface area contributed by atoms with E-state index in [1.54, 1.807) is 0 Å². The summed E-state index contributed by atoms with van der Waals surface area (Å²) in [6.45, 7) is 0. The van der Waals surface area contributed by atoms with E-state index in [1.807, 2.05) is 0 Å². The van der Waals surface area contributed by atoms with Crippen LogP contribution in [0.15, 0.2) is 249 Å². The molecule has 0 bridgehead atoms. The van der Waals surface area contributed by atoms with E-state index in [9.17, 15) is 0 Å². The van der Waals surface area contributed by atoms with Crippen molar-refractivity contribution in [3.05, 3.63) is 265 Å². The molecule has 0 saturated heterocycles. The molecule has 0 radical (unpaired) electrons. The number of nitrogens with zero attached hydrogens (tertiary/aromatic N) is 1. The Morgan fingerprint density at radius 2 is 0.806 bits per heavy atom. The summed E-state index contributed by atoms with van der Waals surface area (Å²) < 4.78 is 2.43. The fourth-order valence-electron chi connectivity index (χ4n) is 10.4. The van der Waals surface area contributed by atoms with Crippen molar-refractivity contribution < 1.29 is 0 Å². The Kier molecular flexibility index (Phi) is 9.40. The van der Waals surface area contributed by atoms with E-state index in [0.717, 1.165) is 16.9 Å². The Bertz CT molecular complexity index is 3720. The van der Waals surface area contributed by atoms with E-state index >= 15 is 0 Å². The second kappa shape index (κ2) is 16.2. The summed E-state index contributed by atoms with van der Waals surface area (Å²) in [5, 5.41) is 17.7. The molecule has 67 heavy (non-hydrogen) atoms. The minimum Gasteiger partial charge on any atom is -0.366 e. The zero-order valence-corrected chi connectivity index (χ0v) is 36.8. The number of rotatable bonds is 7. The van der Waals surface area contributed by atoms with Gasteiger partial charge in [0.1, 0.15) is 6.17 Å². The Labute approximate surface area is 389 Å². The van der Waals surface area contributed by atoms with Crippen LogP contribution in [0.2, 0.25) is 0 Å². The van der Waals surface area contributed by atoms with Gasteiger partial charge in [-0.2, -0.15) is 0 Å². The molecule has 2 heterocycles. The minimum atomic E-state index is -0.0474. The quantitative estimate of drug-likeness (QED) is 0.167. The molecule has 13 rings (SSSR count). The summed E-state index contributed by atoms with van der Waals surface area (Å²) in [4.78, 5) is 0. The molecule has 0 spiro atoms. The van der Waals surface area contributed by atoms with Gasteiger partial charge in [0.05, 0.1) is 17.1 Å². The Hall–Kier alpha value is -8.50. The maximum Gasteiger partial charge on any atom is 0.104 e. The van der Waals surface area contributed by atoms with Crippen LogP contribution in [0.3, 0.4) is 0 Å². The van der Waals surface area contributed by atoms with Crippen molar-refractivity contribution in [1.82, 2.24) is 15.2 Å². The van der Waals surface area contributed by atoms with Crippen LogP contribution in [-0.4, -0.2) is 4.57 Å². The van der Waals surface area contributed by atoms with Crippen molar-refractivity contribution in [2.24, 2.45) is 0 Å². The van der Waals surface area contributed by atoms with Gasteiger partial charge in [0.15, 0.2) is 0 Å². The second-order valence-corrected chi connectivity index (χ2v) is 17.8. The Morgan fingerprint density at radius 3 is 1.43 bits per heavy atom. The standard InChI is InChI=1S/C64H45N3/c1-2-14-48(15-3-1)64-65-60(41-61(66-64)57-20-10-18-46-13-8-9-19-56(46)57)47-25-21-44(22-26-47)45-29-33-55(34-30-45)67-62-35-31-53(51-27-23-42-11-4-6-16-49(42)37-51)39-58(62)59-40-54(32-36-63(59)67)52-28-24-43-12-5-7-17-50(43)38-52/h1-41,61,64-66H. The van der Waals surface area contributed by atoms with E-state index in [2.05, 4.69) is 264 Å². The van der Waals surface area contributed by atoms with Gasteiger partial charge < -0.3 is 9.88 Å². The zero-order valence-electron chi connectivity index (χ0n) is 36.8. The van der Waals surface area contributed by atoms with Crippen molar-refractivity contribution in [2.45, 2.75) is 12.2 Å². The number of nitrogens with one attached hydrogen (secondary N) is 2. The lowest BCUT2D eigenvalue weighted by Crippen LogP contribution is -2.39. The summed E-state index contributed by atoms with van der Waals surface area (Å²) >= 11 is 0. The first-order valence-corrected chi connectivity index (χ1v) is 23.2. The molecule has 2 N–H and O–H groups in total.